The Kier molecular flexibility index (Phi) is 3.21. The number of aromatic nitrogens is 2. The van der Waals surface area contributed by atoms with Crippen LogP contribution >= 0.6 is 0 Å². The van der Waals surface area contributed by atoms with Gasteiger partial charge in [0.25, 0.3) is 0 Å². The zero-order valence-electron chi connectivity index (χ0n) is 11.1. The summed E-state index contributed by atoms with van der Waals surface area (Å²) in [5.74, 6) is -0.210. The van der Waals surface area contributed by atoms with E-state index in [1.807, 2.05) is 60.7 Å². The SMILES string of the molecule is Cn1nc(C(c2ccccc2)c2ccccc2)oc1=O. The molecule has 20 heavy (non-hydrogen) atoms. The lowest BCUT2D eigenvalue weighted by Crippen LogP contribution is -2.10. The Bertz CT molecular complexity index is 705. The molecule has 1 aromatic heterocycles. The normalized spacial score (nSPS) is 10.9. The molecule has 0 amide bonds. The van der Waals surface area contributed by atoms with E-state index in [1.54, 1.807) is 7.05 Å². The summed E-state index contributed by atoms with van der Waals surface area (Å²) in [4.78, 5) is 11.5. The third-order valence-corrected chi connectivity index (χ3v) is 3.22. The van der Waals surface area contributed by atoms with Gasteiger partial charge in [0.05, 0.1) is 5.92 Å². The summed E-state index contributed by atoms with van der Waals surface area (Å²) in [5, 5.41) is 4.20. The number of benzene rings is 2. The van der Waals surface area contributed by atoms with E-state index in [0.29, 0.717) is 5.89 Å². The summed E-state index contributed by atoms with van der Waals surface area (Å²) in [7, 11) is 1.59. The number of nitrogens with zero attached hydrogens (tertiary/aromatic N) is 2. The van der Waals surface area contributed by atoms with Crippen LogP contribution < -0.4 is 5.76 Å². The van der Waals surface area contributed by atoms with Crippen molar-refractivity contribution in [2.45, 2.75) is 5.92 Å². The average molecular weight is 266 g/mol. The molecule has 0 unspecified atom stereocenters. The predicted molar refractivity (Wildman–Crippen MR) is 75.6 cm³/mol. The van der Waals surface area contributed by atoms with Gasteiger partial charge in [0, 0.05) is 7.05 Å². The zero-order valence-corrected chi connectivity index (χ0v) is 11.1. The van der Waals surface area contributed by atoms with Gasteiger partial charge in [0.15, 0.2) is 0 Å². The fraction of sp³-hybridized carbons (Fsp3) is 0.125. The van der Waals surface area contributed by atoms with Gasteiger partial charge >= 0.3 is 5.76 Å². The van der Waals surface area contributed by atoms with Gasteiger partial charge in [-0.2, -0.15) is 4.68 Å². The molecular formula is C16H14N2O2. The lowest BCUT2D eigenvalue weighted by atomic mass is 9.91. The van der Waals surface area contributed by atoms with Crippen LogP contribution in [0.3, 0.4) is 0 Å². The molecule has 0 saturated carbocycles. The van der Waals surface area contributed by atoms with Crippen molar-refractivity contribution in [3.63, 3.8) is 0 Å². The van der Waals surface area contributed by atoms with Gasteiger partial charge in [-0.05, 0) is 11.1 Å². The molecule has 0 radical (unpaired) electrons. The molecule has 3 aromatic rings. The summed E-state index contributed by atoms with van der Waals surface area (Å²) in [6, 6.07) is 19.8. The minimum absolute atomic E-state index is 0.175. The van der Waals surface area contributed by atoms with Gasteiger partial charge in [0.1, 0.15) is 0 Å². The van der Waals surface area contributed by atoms with Crippen molar-refractivity contribution < 1.29 is 4.42 Å². The van der Waals surface area contributed by atoms with E-state index in [2.05, 4.69) is 5.10 Å². The van der Waals surface area contributed by atoms with Crippen molar-refractivity contribution >= 4 is 0 Å². The lowest BCUT2D eigenvalue weighted by molar-refractivity contribution is 0.449. The molecule has 4 heteroatoms. The predicted octanol–water partition coefficient (Wildman–Crippen LogP) is 2.55. The highest BCUT2D eigenvalue weighted by Crippen LogP contribution is 2.29. The zero-order chi connectivity index (χ0) is 13.9. The monoisotopic (exact) mass is 266 g/mol. The summed E-state index contributed by atoms with van der Waals surface area (Å²) in [6.07, 6.45) is 0. The molecule has 3 rings (SSSR count). The first-order chi connectivity index (χ1) is 9.75. The van der Waals surface area contributed by atoms with E-state index in [-0.39, 0.29) is 5.92 Å². The minimum Gasteiger partial charge on any atom is -0.391 e. The quantitative estimate of drug-likeness (QED) is 0.732. The summed E-state index contributed by atoms with van der Waals surface area (Å²) >= 11 is 0. The van der Waals surface area contributed by atoms with E-state index in [9.17, 15) is 4.79 Å². The van der Waals surface area contributed by atoms with Crippen LogP contribution in [0.15, 0.2) is 69.9 Å². The third kappa shape index (κ3) is 2.28. The van der Waals surface area contributed by atoms with Crippen LogP contribution in [0.1, 0.15) is 22.9 Å². The molecule has 0 N–H and O–H groups in total. The van der Waals surface area contributed by atoms with E-state index in [0.717, 1.165) is 11.1 Å². The molecule has 4 nitrogen and oxygen atoms in total. The first kappa shape index (κ1) is 12.4. The number of rotatable bonds is 3. The van der Waals surface area contributed by atoms with E-state index in [1.165, 1.54) is 4.68 Å². The molecule has 0 bridgehead atoms. The minimum atomic E-state index is -0.447. The molecule has 0 aliphatic carbocycles. The molecule has 0 spiro atoms. The Morgan fingerprint density at radius 3 is 1.85 bits per heavy atom. The first-order valence-electron chi connectivity index (χ1n) is 6.39. The highest BCUT2D eigenvalue weighted by Gasteiger charge is 2.22. The summed E-state index contributed by atoms with van der Waals surface area (Å²) in [5.41, 5.74) is 2.08. The van der Waals surface area contributed by atoms with E-state index >= 15 is 0 Å². The largest absolute Gasteiger partial charge is 0.436 e. The topological polar surface area (TPSA) is 48.0 Å². The summed E-state index contributed by atoms with van der Waals surface area (Å²) < 4.78 is 6.50. The Morgan fingerprint density at radius 2 is 1.45 bits per heavy atom. The van der Waals surface area contributed by atoms with Crippen molar-refractivity contribution in [3.05, 3.63) is 88.2 Å². The Balaban J connectivity index is 2.16. The van der Waals surface area contributed by atoms with E-state index < -0.39 is 5.76 Å². The Hall–Kier alpha value is -2.62. The van der Waals surface area contributed by atoms with Gasteiger partial charge in [0.2, 0.25) is 5.89 Å². The second kappa shape index (κ2) is 5.17. The maximum absolute atomic E-state index is 11.5. The van der Waals surface area contributed by atoms with Gasteiger partial charge < -0.3 is 4.42 Å². The Labute approximate surface area is 116 Å². The van der Waals surface area contributed by atoms with Crippen LogP contribution in [0.4, 0.5) is 0 Å². The molecule has 0 atom stereocenters. The average Bonchev–Trinajstić information content (AvgIpc) is 2.81. The highest BCUT2D eigenvalue weighted by molar-refractivity contribution is 5.37. The van der Waals surface area contributed by atoms with Crippen molar-refractivity contribution in [1.82, 2.24) is 9.78 Å². The summed E-state index contributed by atoms with van der Waals surface area (Å²) in [6.45, 7) is 0. The molecule has 0 aliphatic rings. The second-order valence-corrected chi connectivity index (χ2v) is 4.58. The van der Waals surface area contributed by atoms with Crippen molar-refractivity contribution in [2.75, 3.05) is 0 Å². The van der Waals surface area contributed by atoms with Crippen LogP contribution in [-0.2, 0) is 7.05 Å². The third-order valence-electron chi connectivity index (χ3n) is 3.22. The van der Waals surface area contributed by atoms with Crippen LogP contribution in [0.5, 0.6) is 0 Å². The molecule has 100 valence electrons. The lowest BCUT2D eigenvalue weighted by Gasteiger charge is -2.13. The Morgan fingerprint density at radius 1 is 0.950 bits per heavy atom. The fourth-order valence-electron chi connectivity index (χ4n) is 2.25. The second-order valence-electron chi connectivity index (χ2n) is 4.58. The maximum Gasteiger partial charge on any atom is 0.436 e. The maximum atomic E-state index is 11.5. The molecule has 0 aliphatic heterocycles. The standard InChI is InChI=1S/C16H14N2O2/c1-18-16(19)20-15(17-18)14(12-8-4-2-5-9-12)13-10-6-3-7-11-13/h2-11,14H,1H3. The van der Waals surface area contributed by atoms with Gasteiger partial charge in [-0.3, -0.25) is 0 Å². The van der Waals surface area contributed by atoms with Crippen LogP contribution in [-0.4, -0.2) is 9.78 Å². The van der Waals surface area contributed by atoms with Crippen molar-refractivity contribution in [1.29, 1.82) is 0 Å². The molecule has 2 aromatic carbocycles. The highest BCUT2D eigenvalue weighted by atomic mass is 16.4. The van der Waals surface area contributed by atoms with Gasteiger partial charge in [-0.25, -0.2) is 4.79 Å². The number of hydrogen-bond donors (Lipinski definition) is 0. The van der Waals surface area contributed by atoms with Crippen molar-refractivity contribution in [2.24, 2.45) is 7.05 Å². The van der Waals surface area contributed by atoms with Gasteiger partial charge in [-0.1, -0.05) is 60.7 Å². The first-order valence-corrected chi connectivity index (χ1v) is 6.39. The smallest absolute Gasteiger partial charge is 0.391 e. The van der Waals surface area contributed by atoms with E-state index in [4.69, 9.17) is 4.42 Å². The van der Waals surface area contributed by atoms with Crippen molar-refractivity contribution in [3.8, 4) is 0 Å². The van der Waals surface area contributed by atoms with Gasteiger partial charge in [-0.15, -0.1) is 5.10 Å². The fourth-order valence-corrected chi connectivity index (χ4v) is 2.25. The van der Waals surface area contributed by atoms with Crippen LogP contribution in [0.25, 0.3) is 0 Å². The number of hydrogen-bond acceptors (Lipinski definition) is 3. The van der Waals surface area contributed by atoms with Crippen LogP contribution in [0, 0.1) is 0 Å². The molecular weight excluding hydrogens is 252 g/mol. The number of aryl methyl sites for hydroxylation is 1. The molecule has 1 heterocycles. The van der Waals surface area contributed by atoms with Crippen LogP contribution in [0.2, 0.25) is 0 Å². The molecule has 0 fully saturated rings. The molecule has 0 saturated heterocycles.